The van der Waals surface area contributed by atoms with E-state index in [9.17, 15) is 9.59 Å². The first-order valence-corrected chi connectivity index (χ1v) is 6.43. The lowest BCUT2D eigenvalue weighted by Crippen LogP contribution is -2.43. The molecule has 1 aromatic heterocycles. The highest BCUT2D eigenvalue weighted by Crippen LogP contribution is 2.12. The number of nitrogens with one attached hydrogen (secondary N) is 2. The van der Waals surface area contributed by atoms with Crippen molar-refractivity contribution in [2.75, 3.05) is 19.6 Å². The Kier molecular flexibility index (Phi) is 4.15. The molecule has 2 rings (SSSR count). The first-order chi connectivity index (χ1) is 8.74. The molecule has 0 spiro atoms. The number of H-pyrrole nitrogens is 1. The average Bonchev–Trinajstić information content (AvgIpc) is 2.89. The number of aromatic amines is 1. The van der Waals surface area contributed by atoms with Gasteiger partial charge in [-0.15, -0.1) is 0 Å². The predicted molar refractivity (Wildman–Crippen MR) is 69.7 cm³/mol. The third kappa shape index (κ3) is 2.61. The molecule has 1 aromatic rings. The van der Waals surface area contributed by atoms with Gasteiger partial charge in [0.1, 0.15) is 5.56 Å². The molecule has 0 aliphatic carbocycles. The zero-order chi connectivity index (χ0) is 13.0. The summed E-state index contributed by atoms with van der Waals surface area (Å²) in [5.74, 6) is -0.160. The lowest BCUT2D eigenvalue weighted by atomic mass is 10.1. The number of rotatable bonds is 4. The lowest BCUT2D eigenvalue weighted by molar-refractivity contribution is 0.0690. The van der Waals surface area contributed by atoms with E-state index in [0.29, 0.717) is 6.54 Å². The number of carbonyl (C=O) groups is 1. The smallest absolute Gasteiger partial charge is 0.259 e. The molecule has 18 heavy (non-hydrogen) atoms. The minimum atomic E-state index is -0.217. The number of aromatic nitrogens is 1. The normalized spacial score (nSPS) is 18.8. The SMILES string of the molecule is CCCN(C(=O)c1c[nH]ccc1=O)C1CCNC1. The molecule has 0 bridgehead atoms. The fraction of sp³-hybridized carbons (Fsp3) is 0.538. The predicted octanol–water partition coefficient (Wildman–Crippen LogP) is 0.589. The molecular formula is C13H19N3O2. The Morgan fingerprint density at radius 1 is 1.56 bits per heavy atom. The third-order valence-electron chi connectivity index (χ3n) is 3.25. The second-order valence-electron chi connectivity index (χ2n) is 4.57. The summed E-state index contributed by atoms with van der Waals surface area (Å²) in [4.78, 5) is 28.8. The number of hydrogen-bond acceptors (Lipinski definition) is 3. The maximum atomic E-state index is 12.4. The van der Waals surface area contributed by atoms with Gasteiger partial charge in [0.2, 0.25) is 0 Å². The maximum Gasteiger partial charge on any atom is 0.259 e. The van der Waals surface area contributed by atoms with E-state index in [-0.39, 0.29) is 22.9 Å². The van der Waals surface area contributed by atoms with Crippen LogP contribution in [0.3, 0.4) is 0 Å². The van der Waals surface area contributed by atoms with Gasteiger partial charge in [-0.25, -0.2) is 0 Å². The van der Waals surface area contributed by atoms with Crippen LogP contribution in [0.25, 0.3) is 0 Å². The maximum absolute atomic E-state index is 12.4. The Morgan fingerprint density at radius 2 is 2.39 bits per heavy atom. The molecule has 1 amide bonds. The summed E-state index contributed by atoms with van der Waals surface area (Å²) >= 11 is 0. The van der Waals surface area contributed by atoms with Crippen LogP contribution < -0.4 is 10.7 Å². The van der Waals surface area contributed by atoms with Crippen molar-refractivity contribution in [2.24, 2.45) is 0 Å². The Bertz CT molecular complexity index is 463. The second kappa shape index (κ2) is 5.82. The van der Waals surface area contributed by atoms with Crippen LogP contribution in [-0.4, -0.2) is 41.5 Å². The summed E-state index contributed by atoms with van der Waals surface area (Å²) in [5, 5.41) is 3.25. The number of nitrogens with zero attached hydrogens (tertiary/aromatic N) is 1. The molecule has 1 aliphatic heterocycles. The van der Waals surface area contributed by atoms with E-state index in [1.807, 2.05) is 11.8 Å². The molecule has 0 radical (unpaired) electrons. The van der Waals surface area contributed by atoms with E-state index in [4.69, 9.17) is 0 Å². The van der Waals surface area contributed by atoms with Crippen molar-refractivity contribution in [3.63, 3.8) is 0 Å². The van der Waals surface area contributed by atoms with Gasteiger partial charge in [-0.3, -0.25) is 9.59 Å². The second-order valence-corrected chi connectivity index (χ2v) is 4.57. The fourth-order valence-corrected chi connectivity index (χ4v) is 2.33. The summed E-state index contributed by atoms with van der Waals surface area (Å²) in [5.41, 5.74) is 0.0173. The zero-order valence-corrected chi connectivity index (χ0v) is 10.6. The van der Waals surface area contributed by atoms with Crippen molar-refractivity contribution < 1.29 is 4.79 Å². The van der Waals surface area contributed by atoms with E-state index in [2.05, 4.69) is 10.3 Å². The first kappa shape index (κ1) is 12.8. The summed E-state index contributed by atoms with van der Waals surface area (Å²) in [7, 11) is 0. The van der Waals surface area contributed by atoms with Gasteiger partial charge in [0.15, 0.2) is 5.43 Å². The minimum Gasteiger partial charge on any atom is -0.367 e. The van der Waals surface area contributed by atoms with Crippen LogP contribution in [0, 0.1) is 0 Å². The lowest BCUT2D eigenvalue weighted by Gasteiger charge is -2.28. The van der Waals surface area contributed by atoms with Gasteiger partial charge in [-0.2, -0.15) is 0 Å². The average molecular weight is 249 g/mol. The minimum absolute atomic E-state index is 0.160. The highest BCUT2D eigenvalue weighted by atomic mass is 16.2. The molecule has 5 heteroatoms. The monoisotopic (exact) mass is 249 g/mol. The molecular weight excluding hydrogens is 230 g/mol. The van der Waals surface area contributed by atoms with Crippen molar-refractivity contribution in [3.8, 4) is 0 Å². The van der Waals surface area contributed by atoms with Gasteiger partial charge in [0.25, 0.3) is 5.91 Å². The Labute approximate surface area is 106 Å². The standard InChI is InChI=1S/C13H19N3O2/c1-2-7-16(10-3-5-14-8-10)13(18)11-9-15-6-4-12(11)17/h4,6,9-10,14H,2-3,5,7-8H2,1H3,(H,15,17). The molecule has 5 nitrogen and oxygen atoms in total. The molecule has 1 fully saturated rings. The topological polar surface area (TPSA) is 65.2 Å². The molecule has 1 aliphatic rings. The molecule has 98 valence electrons. The summed E-state index contributed by atoms with van der Waals surface area (Å²) < 4.78 is 0. The Balaban J connectivity index is 2.22. The van der Waals surface area contributed by atoms with Crippen LogP contribution in [0.1, 0.15) is 30.1 Å². The van der Waals surface area contributed by atoms with E-state index >= 15 is 0 Å². The van der Waals surface area contributed by atoms with Crippen LogP contribution in [0.2, 0.25) is 0 Å². The van der Waals surface area contributed by atoms with Crippen molar-refractivity contribution in [1.82, 2.24) is 15.2 Å². The molecule has 2 N–H and O–H groups in total. The third-order valence-corrected chi connectivity index (χ3v) is 3.25. The highest BCUT2D eigenvalue weighted by molar-refractivity contribution is 5.94. The van der Waals surface area contributed by atoms with Crippen LogP contribution in [-0.2, 0) is 0 Å². The van der Waals surface area contributed by atoms with Crippen LogP contribution in [0.15, 0.2) is 23.3 Å². The largest absolute Gasteiger partial charge is 0.367 e. The van der Waals surface area contributed by atoms with E-state index in [0.717, 1.165) is 25.9 Å². The Hall–Kier alpha value is -1.62. The number of carbonyl (C=O) groups excluding carboxylic acids is 1. The Morgan fingerprint density at radius 3 is 3.00 bits per heavy atom. The molecule has 1 unspecified atom stereocenters. The van der Waals surface area contributed by atoms with E-state index < -0.39 is 0 Å². The quantitative estimate of drug-likeness (QED) is 0.820. The van der Waals surface area contributed by atoms with Crippen molar-refractivity contribution in [1.29, 1.82) is 0 Å². The van der Waals surface area contributed by atoms with Gasteiger partial charge in [-0.1, -0.05) is 6.92 Å². The molecule has 2 heterocycles. The molecule has 0 aromatic carbocycles. The number of pyridine rings is 1. The molecule has 1 atom stereocenters. The van der Waals surface area contributed by atoms with Gasteiger partial charge in [0, 0.05) is 37.6 Å². The number of hydrogen-bond donors (Lipinski definition) is 2. The van der Waals surface area contributed by atoms with Crippen molar-refractivity contribution >= 4 is 5.91 Å². The summed E-state index contributed by atoms with van der Waals surface area (Å²) in [6.07, 6.45) is 4.89. The summed E-state index contributed by atoms with van der Waals surface area (Å²) in [6, 6.07) is 1.60. The first-order valence-electron chi connectivity index (χ1n) is 6.43. The summed E-state index contributed by atoms with van der Waals surface area (Å²) in [6.45, 7) is 4.48. The van der Waals surface area contributed by atoms with Gasteiger partial charge in [-0.05, 0) is 19.4 Å². The van der Waals surface area contributed by atoms with Gasteiger partial charge >= 0.3 is 0 Å². The molecule has 1 saturated heterocycles. The molecule has 0 saturated carbocycles. The van der Waals surface area contributed by atoms with Gasteiger partial charge < -0.3 is 15.2 Å². The fourth-order valence-electron chi connectivity index (χ4n) is 2.33. The van der Waals surface area contributed by atoms with Crippen LogP contribution >= 0.6 is 0 Å². The zero-order valence-electron chi connectivity index (χ0n) is 10.6. The van der Waals surface area contributed by atoms with E-state index in [1.165, 1.54) is 12.3 Å². The number of amides is 1. The highest BCUT2D eigenvalue weighted by Gasteiger charge is 2.27. The van der Waals surface area contributed by atoms with Crippen molar-refractivity contribution in [2.45, 2.75) is 25.8 Å². The van der Waals surface area contributed by atoms with Crippen LogP contribution in [0.5, 0.6) is 0 Å². The van der Waals surface area contributed by atoms with E-state index in [1.54, 1.807) is 6.20 Å². The van der Waals surface area contributed by atoms with Crippen molar-refractivity contribution in [3.05, 3.63) is 34.2 Å². The van der Waals surface area contributed by atoms with Crippen LogP contribution in [0.4, 0.5) is 0 Å². The van der Waals surface area contributed by atoms with Gasteiger partial charge in [0.05, 0.1) is 0 Å².